The quantitative estimate of drug-likeness (QED) is 0.254. The Kier molecular flexibility index (Phi) is 10.7. The summed E-state index contributed by atoms with van der Waals surface area (Å²) in [7, 11) is 2.93. The summed E-state index contributed by atoms with van der Waals surface area (Å²) in [6.07, 6.45) is -0.438. The summed E-state index contributed by atoms with van der Waals surface area (Å²) in [6, 6.07) is 1.20. The molecule has 1 amide bonds. The lowest BCUT2D eigenvalue weighted by Gasteiger charge is -2.31. The number of carbonyl (C=O) groups is 1. The number of anilines is 1. The number of hydrogen-bond acceptors (Lipinski definition) is 10. The van der Waals surface area contributed by atoms with Crippen molar-refractivity contribution in [2.75, 3.05) is 24.8 Å². The van der Waals surface area contributed by atoms with Gasteiger partial charge in [0.1, 0.15) is 23.6 Å². The fourth-order valence-corrected chi connectivity index (χ4v) is 4.69. The molecule has 14 heteroatoms. The number of aromatic nitrogens is 5. The lowest BCUT2D eigenvalue weighted by Crippen LogP contribution is -2.48. The molecular formula is C27H33F3N8O2S. The Bertz CT molecular complexity index is 1370. The van der Waals surface area contributed by atoms with Crippen LogP contribution in [0.1, 0.15) is 49.6 Å². The third-order valence-corrected chi connectivity index (χ3v) is 7.05. The van der Waals surface area contributed by atoms with Crippen molar-refractivity contribution in [1.82, 2.24) is 24.9 Å². The number of aryl methyl sites for hydroxylation is 1. The molecule has 1 unspecified atom stereocenters. The number of nitrogens with zero attached hydrogens (tertiary/aromatic N) is 7. The van der Waals surface area contributed by atoms with E-state index in [1.807, 2.05) is 6.92 Å². The van der Waals surface area contributed by atoms with Crippen LogP contribution in [0.5, 0.6) is 5.88 Å². The van der Waals surface area contributed by atoms with Gasteiger partial charge in [-0.1, -0.05) is 13.0 Å². The van der Waals surface area contributed by atoms with E-state index in [4.69, 9.17) is 4.74 Å². The highest BCUT2D eigenvalue weighted by Gasteiger charge is 2.44. The normalized spacial score (nSPS) is 13.6. The van der Waals surface area contributed by atoms with E-state index in [1.165, 1.54) is 38.4 Å². The van der Waals surface area contributed by atoms with Crippen LogP contribution in [-0.2, 0) is 11.2 Å². The van der Waals surface area contributed by atoms with Gasteiger partial charge in [0.2, 0.25) is 11.8 Å². The molecule has 1 fully saturated rings. The van der Waals surface area contributed by atoms with Crippen LogP contribution in [0.4, 0.5) is 24.7 Å². The fourth-order valence-electron chi connectivity index (χ4n) is 4.10. The van der Waals surface area contributed by atoms with E-state index in [9.17, 15) is 18.0 Å². The van der Waals surface area contributed by atoms with Crippen molar-refractivity contribution in [2.24, 2.45) is 10.7 Å². The van der Waals surface area contributed by atoms with E-state index in [0.29, 0.717) is 21.7 Å². The lowest BCUT2D eigenvalue weighted by atomic mass is 10.1. The number of thioether (sulfide) groups is 1. The SMILES string of the molecule is C=Nc1c(C)nc(-c2c(OC)ncnc2C2CC2)nc1N(C(=O)Cc1ccc(SCC)nc1)C(C)C(F)(F)F.CN. The van der Waals surface area contributed by atoms with Gasteiger partial charge in [0.15, 0.2) is 11.6 Å². The Morgan fingerprint density at radius 2 is 1.95 bits per heavy atom. The summed E-state index contributed by atoms with van der Waals surface area (Å²) in [5.74, 6) is 0.0496. The van der Waals surface area contributed by atoms with Crippen molar-refractivity contribution in [3.8, 4) is 17.3 Å². The minimum atomic E-state index is -4.75. The zero-order valence-electron chi connectivity index (χ0n) is 23.6. The van der Waals surface area contributed by atoms with Crippen molar-refractivity contribution >= 4 is 35.9 Å². The number of aliphatic imine (C=N–C) groups is 1. The first-order valence-electron chi connectivity index (χ1n) is 12.9. The number of halogens is 3. The maximum atomic E-state index is 14.1. The second-order valence-electron chi connectivity index (χ2n) is 8.98. The third-order valence-electron chi connectivity index (χ3n) is 6.22. The highest BCUT2D eigenvalue weighted by atomic mass is 32.2. The topological polar surface area (TPSA) is 132 Å². The maximum absolute atomic E-state index is 14.1. The van der Waals surface area contributed by atoms with Gasteiger partial charge in [-0.3, -0.25) is 14.7 Å². The minimum absolute atomic E-state index is 0.0280. The molecular weight excluding hydrogens is 557 g/mol. The lowest BCUT2D eigenvalue weighted by molar-refractivity contribution is -0.150. The van der Waals surface area contributed by atoms with Gasteiger partial charge in [0.25, 0.3) is 0 Å². The number of nitrogens with two attached hydrogens (primary N) is 1. The first kappa shape index (κ1) is 31.9. The molecule has 3 aromatic heterocycles. The summed E-state index contributed by atoms with van der Waals surface area (Å²) >= 11 is 1.52. The van der Waals surface area contributed by atoms with Gasteiger partial charge in [-0.2, -0.15) is 13.2 Å². The summed E-state index contributed by atoms with van der Waals surface area (Å²) in [5, 5.41) is 0.758. The Morgan fingerprint density at radius 1 is 1.24 bits per heavy atom. The van der Waals surface area contributed by atoms with Crippen molar-refractivity contribution in [3.05, 3.63) is 41.6 Å². The molecule has 0 aliphatic heterocycles. The summed E-state index contributed by atoms with van der Waals surface area (Å²) < 4.78 is 47.9. The molecule has 10 nitrogen and oxygen atoms in total. The van der Waals surface area contributed by atoms with Crippen LogP contribution in [0.2, 0.25) is 0 Å². The van der Waals surface area contributed by atoms with E-state index in [2.05, 4.69) is 42.4 Å². The number of carbonyl (C=O) groups excluding carboxylic acids is 1. The number of ether oxygens (including phenoxy) is 1. The zero-order valence-corrected chi connectivity index (χ0v) is 24.4. The van der Waals surface area contributed by atoms with Gasteiger partial charge in [-0.25, -0.2) is 24.9 Å². The number of pyridine rings is 1. The highest BCUT2D eigenvalue weighted by Crippen LogP contribution is 2.46. The molecule has 0 radical (unpaired) electrons. The average Bonchev–Trinajstić information content (AvgIpc) is 3.80. The van der Waals surface area contributed by atoms with Crippen LogP contribution < -0.4 is 15.4 Å². The van der Waals surface area contributed by atoms with Crippen LogP contribution in [0, 0.1) is 6.92 Å². The van der Waals surface area contributed by atoms with Crippen LogP contribution in [0.15, 0.2) is 34.7 Å². The van der Waals surface area contributed by atoms with Crippen LogP contribution in [0.25, 0.3) is 11.4 Å². The van der Waals surface area contributed by atoms with Crippen molar-refractivity contribution in [2.45, 2.75) is 63.2 Å². The Hall–Kier alpha value is -3.65. The molecule has 1 saturated carbocycles. The molecule has 3 aromatic rings. The molecule has 0 aromatic carbocycles. The van der Waals surface area contributed by atoms with E-state index in [0.717, 1.165) is 30.5 Å². The average molecular weight is 591 g/mol. The third kappa shape index (κ3) is 7.36. The molecule has 0 spiro atoms. The van der Waals surface area contributed by atoms with E-state index < -0.39 is 18.1 Å². The summed E-state index contributed by atoms with van der Waals surface area (Å²) in [4.78, 5) is 39.9. The van der Waals surface area contributed by atoms with E-state index in [1.54, 1.807) is 19.1 Å². The Morgan fingerprint density at radius 3 is 2.49 bits per heavy atom. The second kappa shape index (κ2) is 13.8. The van der Waals surface area contributed by atoms with Gasteiger partial charge < -0.3 is 10.5 Å². The fraction of sp³-hybridized carbons (Fsp3) is 0.444. The maximum Gasteiger partial charge on any atom is 0.409 e. The first-order chi connectivity index (χ1) is 19.6. The molecule has 2 N–H and O–H groups in total. The molecule has 0 saturated heterocycles. The molecule has 41 heavy (non-hydrogen) atoms. The summed E-state index contributed by atoms with van der Waals surface area (Å²) in [5.41, 5.74) is 6.20. The minimum Gasteiger partial charge on any atom is -0.480 e. The van der Waals surface area contributed by atoms with E-state index in [-0.39, 0.29) is 41.2 Å². The second-order valence-corrected chi connectivity index (χ2v) is 10.3. The smallest absolute Gasteiger partial charge is 0.409 e. The van der Waals surface area contributed by atoms with Gasteiger partial charge in [0, 0.05) is 12.1 Å². The predicted molar refractivity (Wildman–Crippen MR) is 153 cm³/mol. The van der Waals surface area contributed by atoms with Gasteiger partial charge in [-0.05, 0) is 57.8 Å². The predicted octanol–water partition coefficient (Wildman–Crippen LogP) is 5.07. The Labute approximate surface area is 241 Å². The number of rotatable bonds is 10. The number of alkyl halides is 3. The number of amides is 1. The van der Waals surface area contributed by atoms with Crippen molar-refractivity contribution in [1.29, 1.82) is 0 Å². The first-order valence-corrected chi connectivity index (χ1v) is 13.9. The van der Waals surface area contributed by atoms with Crippen molar-refractivity contribution in [3.63, 3.8) is 0 Å². The Balaban J connectivity index is 0.00000226. The number of hydrogen-bond donors (Lipinski definition) is 1. The number of methoxy groups -OCH3 is 1. The summed E-state index contributed by atoms with van der Waals surface area (Å²) in [6.45, 7) is 7.96. The largest absolute Gasteiger partial charge is 0.480 e. The van der Waals surface area contributed by atoms with Crippen LogP contribution in [0.3, 0.4) is 0 Å². The molecule has 1 atom stereocenters. The molecule has 1 aliphatic rings. The standard InChI is InChI=1S/C26H28F3N7O2S.CH5N/c1-6-39-18-10-7-16(12-31-18)11-19(37)36(15(3)26(27,28)29)24-21(30-4)14(2)34-23(35-24)20-22(17-8-9-17)32-13-33-25(20)38-5;1-2/h7,10,12-13,15,17H,4,6,8-9,11H2,1-3,5H3;2H2,1H3. The molecule has 1 aliphatic carbocycles. The molecule has 220 valence electrons. The van der Waals surface area contributed by atoms with Gasteiger partial charge in [-0.15, -0.1) is 11.8 Å². The zero-order chi connectivity index (χ0) is 30.3. The van der Waals surface area contributed by atoms with Gasteiger partial charge in [0.05, 0.1) is 29.9 Å². The van der Waals surface area contributed by atoms with Crippen molar-refractivity contribution < 1.29 is 22.7 Å². The highest BCUT2D eigenvalue weighted by molar-refractivity contribution is 7.99. The molecule has 0 bridgehead atoms. The van der Waals surface area contributed by atoms with Crippen LogP contribution in [-0.4, -0.2) is 69.7 Å². The van der Waals surface area contributed by atoms with Gasteiger partial charge >= 0.3 is 6.18 Å². The van der Waals surface area contributed by atoms with Crippen LogP contribution >= 0.6 is 11.8 Å². The van der Waals surface area contributed by atoms with E-state index >= 15 is 0 Å². The monoisotopic (exact) mass is 590 g/mol. The molecule has 4 rings (SSSR count). The molecule has 3 heterocycles.